The molecule has 3 aromatic heterocycles. The molecule has 0 saturated heterocycles. The maximum absolute atomic E-state index is 14.3. The number of aryl methyl sites for hydroxylation is 1. The topological polar surface area (TPSA) is 138 Å². The van der Waals surface area contributed by atoms with Gasteiger partial charge >= 0.3 is 6.18 Å². The van der Waals surface area contributed by atoms with Gasteiger partial charge in [-0.2, -0.15) is 18.3 Å². The van der Waals surface area contributed by atoms with Gasteiger partial charge in [0.25, 0.3) is 5.56 Å². The number of hydrogen-bond donors (Lipinski definition) is 2. The van der Waals surface area contributed by atoms with Crippen molar-refractivity contribution in [3.8, 4) is 16.9 Å². The van der Waals surface area contributed by atoms with Crippen LogP contribution in [-0.4, -0.2) is 39.0 Å². The molecule has 0 bridgehead atoms. The number of nitrogens with one attached hydrogen (secondary N) is 1. The zero-order chi connectivity index (χ0) is 34.7. The molecule has 0 saturated carbocycles. The van der Waals surface area contributed by atoms with Crippen molar-refractivity contribution in [3.05, 3.63) is 111 Å². The van der Waals surface area contributed by atoms with Gasteiger partial charge in [0.05, 0.1) is 50.5 Å². The van der Waals surface area contributed by atoms with Crippen LogP contribution in [0.25, 0.3) is 38.8 Å². The van der Waals surface area contributed by atoms with E-state index in [1.807, 2.05) is 0 Å². The highest BCUT2D eigenvalue weighted by Crippen LogP contribution is 2.36. The maximum Gasteiger partial charge on any atom is 0.433 e. The third-order valence-corrected chi connectivity index (χ3v) is 8.26. The first-order valence-electron chi connectivity index (χ1n) is 14.0. The number of benzene rings is 3. The van der Waals surface area contributed by atoms with Crippen LogP contribution >= 0.6 is 11.6 Å². The van der Waals surface area contributed by atoms with Gasteiger partial charge < -0.3 is 5.73 Å². The molecule has 48 heavy (non-hydrogen) atoms. The molecule has 6 aromatic rings. The highest BCUT2D eigenvalue weighted by Gasteiger charge is 2.32. The molecule has 0 aliphatic carbocycles. The number of nitrogens with two attached hydrogens (primary N) is 1. The van der Waals surface area contributed by atoms with Crippen LogP contribution in [0.15, 0.2) is 71.5 Å². The maximum atomic E-state index is 14.3. The quantitative estimate of drug-likeness (QED) is 0.198. The van der Waals surface area contributed by atoms with Gasteiger partial charge in [-0.05, 0) is 60.5 Å². The van der Waals surface area contributed by atoms with E-state index in [4.69, 9.17) is 17.3 Å². The van der Waals surface area contributed by atoms with Crippen LogP contribution in [0.2, 0.25) is 5.02 Å². The lowest BCUT2D eigenvalue weighted by atomic mass is 10.0. The highest BCUT2D eigenvalue weighted by molar-refractivity contribution is 7.92. The molecule has 1 atom stereocenters. The van der Waals surface area contributed by atoms with Gasteiger partial charge in [0.2, 0.25) is 10.0 Å². The van der Waals surface area contributed by atoms with Crippen molar-refractivity contribution < 1.29 is 30.4 Å². The van der Waals surface area contributed by atoms with Gasteiger partial charge in [0, 0.05) is 18.7 Å². The summed E-state index contributed by atoms with van der Waals surface area (Å²) in [5, 5.41) is 4.55. The smallest absolute Gasteiger partial charge is 0.321 e. The Balaban J connectivity index is 1.61. The second-order valence-corrected chi connectivity index (χ2v) is 13.1. The van der Waals surface area contributed by atoms with E-state index < -0.39 is 45.1 Å². The molecule has 248 valence electrons. The minimum atomic E-state index is -4.69. The molecule has 0 amide bonds. The summed E-state index contributed by atoms with van der Waals surface area (Å²) in [5.74, 6) is -1.89. The molecule has 10 nitrogen and oxygen atoms in total. The van der Waals surface area contributed by atoms with Gasteiger partial charge in [-0.25, -0.2) is 27.2 Å². The Morgan fingerprint density at radius 3 is 2.38 bits per heavy atom. The number of halogens is 6. The summed E-state index contributed by atoms with van der Waals surface area (Å²) >= 11 is 6.49. The van der Waals surface area contributed by atoms with Crippen LogP contribution < -0.4 is 16.0 Å². The van der Waals surface area contributed by atoms with E-state index >= 15 is 0 Å². The third-order valence-electron chi connectivity index (χ3n) is 7.38. The lowest BCUT2D eigenvalue weighted by molar-refractivity contribution is -0.141. The first-order chi connectivity index (χ1) is 22.5. The molecule has 3 aromatic carbocycles. The van der Waals surface area contributed by atoms with Crippen molar-refractivity contribution in [1.29, 1.82) is 0 Å². The number of anilines is 1. The van der Waals surface area contributed by atoms with Crippen LogP contribution in [0.5, 0.6) is 0 Å². The minimum Gasteiger partial charge on any atom is -0.321 e. The van der Waals surface area contributed by atoms with E-state index in [9.17, 15) is 35.2 Å². The molecule has 0 radical (unpaired) electrons. The number of pyridine rings is 1. The van der Waals surface area contributed by atoms with Crippen LogP contribution in [-0.2, 0) is 29.7 Å². The molecule has 6 rings (SSSR count). The minimum absolute atomic E-state index is 0.0287. The molecule has 0 aliphatic rings. The number of alkyl halides is 3. The van der Waals surface area contributed by atoms with Gasteiger partial charge in [0.1, 0.15) is 23.2 Å². The fourth-order valence-electron chi connectivity index (χ4n) is 5.46. The van der Waals surface area contributed by atoms with Crippen LogP contribution in [0.3, 0.4) is 0 Å². The van der Waals surface area contributed by atoms with Crippen LogP contribution in [0.4, 0.5) is 27.8 Å². The van der Waals surface area contributed by atoms with E-state index in [1.165, 1.54) is 54.2 Å². The monoisotopic (exact) mass is 703 g/mol. The lowest BCUT2D eigenvalue weighted by Gasteiger charge is -2.20. The Labute approximate surface area is 273 Å². The largest absolute Gasteiger partial charge is 0.433 e. The SMILES string of the molecule is Cn1nc(NS(C)(=O)=O)c2c(Cl)ccc(-n3c(C(N)Cc4cc(F)cc(F)c4)nc4cc(-c5cccc(C(F)(F)F)n5)ccc4c3=O)c21. The second kappa shape index (κ2) is 11.9. The summed E-state index contributed by atoms with van der Waals surface area (Å²) in [6.07, 6.45) is -3.95. The average molecular weight is 704 g/mol. The molecule has 3 heterocycles. The first kappa shape index (κ1) is 33.0. The Morgan fingerprint density at radius 2 is 1.71 bits per heavy atom. The van der Waals surface area contributed by atoms with Crippen molar-refractivity contribution in [3.63, 3.8) is 0 Å². The lowest BCUT2D eigenvalue weighted by Crippen LogP contribution is -2.30. The molecular weight excluding hydrogens is 681 g/mol. The number of fused-ring (bicyclic) bond motifs is 2. The van der Waals surface area contributed by atoms with Gasteiger partial charge in [-0.15, -0.1) is 0 Å². The number of nitrogens with zero attached hydrogens (tertiary/aromatic N) is 5. The summed E-state index contributed by atoms with van der Waals surface area (Å²) < 4.78 is 97.3. The average Bonchev–Trinajstić information content (AvgIpc) is 3.31. The summed E-state index contributed by atoms with van der Waals surface area (Å²) in [7, 11) is -2.30. The highest BCUT2D eigenvalue weighted by atomic mass is 35.5. The van der Waals surface area contributed by atoms with E-state index in [1.54, 1.807) is 0 Å². The van der Waals surface area contributed by atoms with Gasteiger partial charge in [-0.3, -0.25) is 18.8 Å². The predicted molar refractivity (Wildman–Crippen MR) is 170 cm³/mol. The fraction of sp³-hybridized carbons (Fsp3) is 0.161. The van der Waals surface area contributed by atoms with Crippen molar-refractivity contribution in [2.24, 2.45) is 12.8 Å². The first-order valence-corrected chi connectivity index (χ1v) is 16.2. The molecule has 17 heteroatoms. The Hall–Kier alpha value is -4.93. The van der Waals surface area contributed by atoms with Gasteiger partial charge in [-0.1, -0.05) is 23.7 Å². The molecule has 1 unspecified atom stereocenters. The van der Waals surface area contributed by atoms with E-state index in [0.717, 1.165) is 29.0 Å². The van der Waals surface area contributed by atoms with Crippen molar-refractivity contribution >= 4 is 49.2 Å². The Morgan fingerprint density at radius 1 is 1.00 bits per heavy atom. The fourth-order valence-corrected chi connectivity index (χ4v) is 6.19. The van der Waals surface area contributed by atoms with E-state index in [-0.39, 0.29) is 67.4 Å². The normalized spacial score (nSPS) is 12.9. The molecule has 0 fully saturated rings. The number of aromatic nitrogens is 5. The van der Waals surface area contributed by atoms with E-state index in [0.29, 0.717) is 6.07 Å². The number of hydrogen-bond acceptors (Lipinski definition) is 7. The molecule has 0 spiro atoms. The second-order valence-electron chi connectivity index (χ2n) is 11.0. The van der Waals surface area contributed by atoms with Crippen molar-refractivity contribution in [1.82, 2.24) is 24.3 Å². The Kier molecular flexibility index (Phi) is 8.21. The number of sulfonamides is 1. The van der Waals surface area contributed by atoms with E-state index in [2.05, 4.69) is 19.8 Å². The van der Waals surface area contributed by atoms with Gasteiger partial charge in [0.15, 0.2) is 5.82 Å². The van der Waals surface area contributed by atoms with Crippen molar-refractivity contribution in [2.45, 2.75) is 18.6 Å². The summed E-state index contributed by atoms with van der Waals surface area (Å²) in [6, 6.07) is 12.2. The zero-order valence-corrected chi connectivity index (χ0v) is 26.4. The van der Waals surface area contributed by atoms with Crippen molar-refractivity contribution in [2.75, 3.05) is 11.0 Å². The summed E-state index contributed by atoms with van der Waals surface area (Å²) in [4.78, 5) is 22.7. The molecular formula is C31H23ClF5N7O3S. The predicted octanol–water partition coefficient (Wildman–Crippen LogP) is 5.90. The summed E-state index contributed by atoms with van der Waals surface area (Å²) in [5.41, 5.74) is 5.59. The van der Waals surface area contributed by atoms with Crippen LogP contribution in [0.1, 0.15) is 23.1 Å². The molecule has 0 aliphatic heterocycles. The molecule has 3 N–H and O–H groups in total. The Bertz CT molecular complexity index is 2410. The standard InChI is InChI=1S/C31H23ClF5N7O3S/c1-43-27-24(9-8-20(32)26(27)28(41-43)42-48(2,46)47)44-29(21(38)12-15-10-17(33)14-18(34)11-15)40-23-13-16(6-7-19(23)30(44)45)22-4-3-5-25(39-22)31(35,36)37/h3-11,13-14,21H,12,38H2,1-2H3,(H,41,42). The van der Waals surface area contributed by atoms with Crippen LogP contribution in [0, 0.1) is 11.6 Å². The third kappa shape index (κ3) is 6.33. The zero-order valence-electron chi connectivity index (χ0n) is 24.8. The summed E-state index contributed by atoms with van der Waals surface area (Å²) in [6.45, 7) is 0. The number of rotatable bonds is 7.